The molecule has 0 aliphatic heterocycles. The van der Waals surface area contributed by atoms with Crippen LogP contribution in [0.2, 0.25) is 0 Å². The standard InChI is InChI=1S/C26H26N4O3/c1-3-7-17-10-12-18(13-11-17)27-21-16-22(31)28(2)24-23(21)25(32)30(20-14-15-20)26(33)29(24)19-8-5-4-6-9-19/h4-6,8-13,16,20,27H,3,7,14-15H2,1-2H3. The molecule has 1 aliphatic rings. The second kappa shape index (κ2) is 8.24. The molecule has 5 rings (SSSR count). The molecule has 0 amide bonds. The summed E-state index contributed by atoms with van der Waals surface area (Å²) >= 11 is 0. The minimum Gasteiger partial charge on any atom is -0.355 e. The van der Waals surface area contributed by atoms with Crippen LogP contribution in [0.5, 0.6) is 0 Å². The fourth-order valence-corrected chi connectivity index (χ4v) is 4.33. The molecule has 0 spiro atoms. The Bertz CT molecular complexity index is 1510. The van der Waals surface area contributed by atoms with Gasteiger partial charge in [-0.2, -0.15) is 0 Å². The maximum absolute atomic E-state index is 13.6. The molecule has 0 atom stereocenters. The molecule has 7 nitrogen and oxygen atoms in total. The zero-order valence-corrected chi connectivity index (χ0v) is 18.7. The van der Waals surface area contributed by atoms with Gasteiger partial charge < -0.3 is 5.32 Å². The lowest BCUT2D eigenvalue weighted by Crippen LogP contribution is -2.41. The molecule has 0 bridgehead atoms. The van der Waals surface area contributed by atoms with Crippen LogP contribution in [0.1, 0.15) is 37.8 Å². The predicted octanol–water partition coefficient (Wildman–Crippen LogP) is 3.88. The van der Waals surface area contributed by atoms with Crippen molar-refractivity contribution in [3.05, 3.63) is 97.4 Å². The summed E-state index contributed by atoms with van der Waals surface area (Å²) < 4.78 is 4.19. The van der Waals surface area contributed by atoms with Crippen LogP contribution in [-0.4, -0.2) is 13.7 Å². The highest BCUT2D eigenvalue weighted by Crippen LogP contribution is 2.33. The minimum atomic E-state index is -0.419. The molecule has 1 N–H and O–H groups in total. The highest BCUT2D eigenvalue weighted by atomic mass is 16.2. The first-order valence-corrected chi connectivity index (χ1v) is 11.3. The van der Waals surface area contributed by atoms with Crippen LogP contribution in [0, 0.1) is 0 Å². The van der Waals surface area contributed by atoms with Crippen molar-refractivity contribution in [2.24, 2.45) is 7.05 Å². The number of nitrogens with one attached hydrogen (secondary N) is 1. The van der Waals surface area contributed by atoms with Gasteiger partial charge in [0.1, 0.15) is 11.0 Å². The Labute approximate surface area is 190 Å². The first-order valence-electron chi connectivity index (χ1n) is 11.3. The van der Waals surface area contributed by atoms with E-state index in [0.717, 1.165) is 31.4 Å². The van der Waals surface area contributed by atoms with Crippen LogP contribution in [0.3, 0.4) is 0 Å². The summed E-state index contributed by atoms with van der Waals surface area (Å²) in [5.41, 5.74) is 2.21. The summed E-state index contributed by atoms with van der Waals surface area (Å²) in [7, 11) is 1.59. The lowest BCUT2D eigenvalue weighted by atomic mass is 10.1. The average Bonchev–Trinajstić information content (AvgIpc) is 3.64. The van der Waals surface area contributed by atoms with E-state index >= 15 is 0 Å². The van der Waals surface area contributed by atoms with Crippen LogP contribution in [0.25, 0.3) is 16.7 Å². The Hall–Kier alpha value is -3.87. The second-order valence-electron chi connectivity index (χ2n) is 8.59. The van der Waals surface area contributed by atoms with E-state index in [4.69, 9.17) is 0 Å². The highest BCUT2D eigenvalue weighted by Gasteiger charge is 2.30. The Balaban J connectivity index is 1.80. The fraction of sp³-hybridized carbons (Fsp3) is 0.269. The number of rotatable bonds is 6. The lowest BCUT2D eigenvalue weighted by molar-refractivity contribution is 0.637. The Kier molecular flexibility index (Phi) is 5.24. The Morgan fingerprint density at radius 1 is 0.970 bits per heavy atom. The number of aromatic nitrogens is 3. The molecule has 4 aromatic rings. The summed E-state index contributed by atoms with van der Waals surface area (Å²) in [6.07, 6.45) is 3.64. The molecule has 1 aliphatic carbocycles. The third-order valence-electron chi connectivity index (χ3n) is 6.15. The normalized spacial score (nSPS) is 13.4. The lowest BCUT2D eigenvalue weighted by Gasteiger charge is -2.18. The number of hydrogen-bond donors (Lipinski definition) is 1. The van der Waals surface area contributed by atoms with E-state index in [2.05, 4.69) is 12.2 Å². The minimum absolute atomic E-state index is 0.109. The van der Waals surface area contributed by atoms with Crippen molar-refractivity contribution in [1.82, 2.24) is 13.7 Å². The highest BCUT2D eigenvalue weighted by molar-refractivity contribution is 5.91. The van der Waals surface area contributed by atoms with Gasteiger partial charge in [-0.25, -0.2) is 9.36 Å². The van der Waals surface area contributed by atoms with Gasteiger partial charge in [0.2, 0.25) is 0 Å². The summed E-state index contributed by atoms with van der Waals surface area (Å²) in [5, 5.41) is 3.59. The molecule has 1 fully saturated rings. The van der Waals surface area contributed by atoms with Crippen molar-refractivity contribution < 1.29 is 0 Å². The summed E-state index contributed by atoms with van der Waals surface area (Å²) in [6, 6.07) is 18.4. The number of nitrogens with zero attached hydrogens (tertiary/aromatic N) is 3. The molecule has 33 heavy (non-hydrogen) atoms. The number of fused-ring (bicyclic) bond motifs is 1. The summed E-state index contributed by atoms with van der Waals surface area (Å²) in [5.74, 6) is 0. The quantitative estimate of drug-likeness (QED) is 0.492. The number of benzene rings is 2. The monoisotopic (exact) mass is 442 g/mol. The Morgan fingerprint density at radius 3 is 2.30 bits per heavy atom. The molecular formula is C26H26N4O3. The van der Waals surface area contributed by atoms with E-state index in [9.17, 15) is 14.4 Å². The van der Waals surface area contributed by atoms with E-state index in [1.807, 2.05) is 42.5 Å². The van der Waals surface area contributed by atoms with Gasteiger partial charge in [0.25, 0.3) is 11.1 Å². The fourth-order valence-electron chi connectivity index (χ4n) is 4.33. The van der Waals surface area contributed by atoms with Gasteiger partial charge in [-0.05, 0) is 49.1 Å². The number of aryl methyl sites for hydroxylation is 2. The Morgan fingerprint density at radius 2 is 1.67 bits per heavy atom. The van der Waals surface area contributed by atoms with Gasteiger partial charge in [0.05, 0.1) is 11.4 Å². The maximum Gasteiger partial charge on any atom is 0.337 e. The molecule has 2 aromatic heterocycles. The van der Waals surface area contributed by atoms with E-state index in [1.54, 1.807) is 19.2 Å². The van der Waals surface area contributed by atoms with Crippen molar-refractivity contribution in [3.8, 4) is 5.69 Å². The molecule has 7 heteroatoms. The summed E-state index contributed by atoms with van der Waals surface area (Å²) in [6.45, 7) is 2.13. The molecule has 0 unspecified atom stereocenters. The number of anilines is 2. The summed E-state index contributed by atoms with van der Waals surface area (Å²) in [4.78, 5) is 40.0. The molecule has 1 saturated carbocycles. The average molecular weight is 443 g/mol. The first kappa shape index (κ1) is 21.0. The largest absolute Gasteiger partial charge is 0.355 e. The van der Waals surface area contributed by atoms with Gasteiger partial charge in [-0.15, -0.1) is 0 Å². The molecule has 2 heterocycles. The molecule has 2 aromatic carbocycles. The van der Waals surface area contributed by atoms with Crippen LogP contribution in [-0.2, 0) is 13.5 Å². The van der Waals surface area contributed by atoms with Crippen molar-refractivity contribution in [2.45, 2.75) is 38.6 Å². The van der Waals surface area contributed by atoms with Gasteiger partial charge in [-0.1, -0.05) is 43.7 Å². The van der Waals surface area contributed by atoms with Gasteiger partial charge in [0, 0.05) is 24.8 Å². The third kappa shape index (κ3) is 3.69. The molecular weight excluding hydrogens is 416 g/mol. The van der Waals surface area contributed by atoms with E-state index in [1.165, 1.54) is 25.3 Å². The number of para-hydroxylation sites is 1. The predicted molar refractivity (Wildman–Crippen MR) is 131 cm³/mol. The first-order chi connectivity index (χ1) is 16.0. The van der Waals surface area contributed by atoms with Crippen molar-refractivity contribution in [2.75, 3.05) is 5.32 Å². The van der Waals surface area contributed by atoms with Crippen LogP contribution in [0.4, 0.5) is 11.4 Å². The van der Waals surface area contributed by atoms with Crippen LogP contribution < -0.4 is 22.1 Å². The van der Waals surface area contributed by atoms with Crippen LogP contribution >= 0.6 is 0 Å². The third-order valence-corrected chi connectivity index (χ3v) is 6.15. The van der Waals surface area contributed by atoms with E-state index < -0.39 is 5.69 Å². The zero-order valence-electron chi connectivity index (χ0n) is 18.7. The SMILES string of the molecule is CCCc1ccc(Nc2cc(=O)n(C)c3c2c(=O)n(C2CC2)c(=O)n3-c2ccccc2)cc1. The van der Waals surface area contributed by atoms with Gasteiger partial charge in [-0.3, -0.25) is 18.7 Å². The molecule has 168 valence electrons. The van der Waals surface area contributed by atoms with Gasteiger partial charge >= 0.3 is 5.69 Å². The zero-order chi connectivity index (χ0) is 23.1. The maximum atomic E-state index is 13.6. The van der Waals surface area contributed by atoms with Crippen LogP contribution in [0.15, 0.2) is 75.0 Å². The van der Waals surface area contributed by atoms with E-state index in [-0.39, 0.29) is 22.8 Å². The van der Waals surface area contributed by atoms with Crippen molar-refractivity contribution >= 4 is 22.4 Å². The molecule has 0 radical (unpaired) electrons. The second-order valence-corrected chi connectivity index (χ2v) is 8.59. The molecule has 0 saturated heterocycles. The number of hydrogen-bond acceptors (Lipinski definition) is 4. The van der Waals surface area contributed by atoms with Crippen molar-refractivity contribution in [1.29, 1.82) is 0 Å². The van der Waals surface area contributed by atoms with E-state index in [0.29, 0.717) is 16.8 Å². The topological polar surface area (TPSA) is 78.0 Å². The van der Waals surface area contributed by atoms with Crippen molar-refractivity contribution in [3.63, 3.8) is 0 Å². The smallest absolute Gasteiger partial charge is 0.337 e. The number of pyridine rings is 1. The van der Waals surface area contributed by atoms with Gasteiger partial charge in [0.15, 0.2) is 0 Å².